The Morgan fingerprint density at radius 2 is 2.05 bits per heavy atom. The molecule has 0 aliphatic carbocycles. The number of benzene rings is 1. The maximum atomic E-state index is 11.8. The van der Waals surface area contributed by atoms with Crippen LogP contribution >= 0.6 is 15.9 Å². The molecule has 0 aromatic heterocycles. The van der Waals surface area contributed by atoms with Gasteiger partial charge in [-0.15, -0.1) is 0 Å². The molecule has 1 aromatic carbocycles. The number of anilines is 1. The number of carbonyl (C=O) groups is 2. The summed E-state index contributed by atoms with van der Waals surface area (Å²) < 4.78 is 5.98. The molecule has 1 unspecified atom stereocenters. The van der Waals surface area contributed by atoms with Crippen LogP contribution in [-0.2, 0) is 4.79 Å². The van der Waals surface area contributed by atoms with Crippen LogP contribution in [0.5, 0.6) is 5.75 Å². The smallest absolute Gasteiger partial charge is 0.337 e. The van der Waals surface area contributed by atoms with E-state index in [1.54, 1.807) is 19.1 Å². The van der Waals surface area contributed by atoms with Crippen LogP contribution in [0.15, 0.2) is 16.6 Å². The molecule has 0 saturated heterocycles. The number of urea groups is 1. The first-order chi connectivity index (χ1) is 9.67. The van der Waals surface area contributed by atoms with Gasteiger partial charge < -0.3 is 25.6 Å². The molecule has 1 atom stereocenters. The minimum atomic E-state index is -2.03. The van der Waals surface area contributed by atoms with Gasteiger partial charge in [0.2, 0.25) is 0 Å². The van der Waals surface area contributed by atoms with Gasteiger partial charge in [-0.1, -0.05) is 15.9 Å². The number of carbonyl (C=O) groups excluding carboxylic acids is 1. The van der Waals surface area contributed by atoms with Gasteiger partial charge >= 0.3 is 12.0 Å². The summed E-state index contributed by atoms with van der Waals surface area (Å²) in [7, 11) is 1.47. The number of methoxy groups -OCH3 is 1. The molecule has 0 saturated carbocycles. The number of carboxylic acid groups (broad SMARTS) is 1. The number of nitrogens with one attached hydrogen (secondary N) is 2. The summed E-state index contributed by atoms with van der Waals surface area (Å²) in [6, 6.07) is 2.85. The van der Waals surface area contributed by atoms with Crippen LogP contribution in [0.1, 0.15) is 12.5 Å². The van der Waals surface area contributed by atoms with Crippen LogP contribution in [0.4, 0.5) is 10.5 Å². The number of amides is 2. The van der Waals surface area contributed by atoms with Crippen molar-refractivity contribution in [3.8, 4) is 5.75 Å². The second-order valence-corrected chi connectivity index (χ2v) is 5.60. The SMILES string of the molecule is COc1cc(Br)cc(C)c1NC(=O)NCC(C)(O)C(=O)O. The maximum Gasteiger partial charge on any atom is 0.337 e. The second-order valence-electron chi connectivity index (χ2n) is 4.69. The van der Waals surface area contributed by atoms with Crippen molar-refractivity contribution in [1.29, 1.82) is 0 Å². The van der Waals surface area contributed by atoms with Gasteiger partial charge in [-0.05, 0) is 31.5 Å². The predicted molar refractivity (Wildman–Crippen MR) is 80.7 cm³/mol. The zero-order valence-corrected chi connectivity index (χ0v) is 13.4. The molecule has 0 bridgehead atoms. The Bertz CT molecular complexity index is 560. The van der Waals surface area contributed by atoms with E-state index in [1.165, 1.54) is 7.11 Å². The van der Waals surface area contributed by atoms with Gasteiger partial charge in [0.25, 0.3) is 0 Å². The van der Waals surface area contributed by atoms with Crippen molar-refractivity contribution in [2.24, 2.45) is 0 Å². The van der Waals surface area contributed by atoms with E-state index in [-0.39, 0.29) is 0 Å². The van der Waals surface area contributed by atoms with Gasteiger partial charge in [-0.2, -0.15) is 0 Å². The molecule has 0 aliphatic heterocycles. The van der Waals surface area contributed by atoms with E-state index >= 15 is 0 Å². The summed E-state index contributed by atoms with van der Waals surface area (Å²) in [5.74, 6) is -0.956. The molecule has 0 heterocycles. The molecule has 1 aromatic rings. The Kier molecular flexibility index (Phi) is 5.56. The second kappa shape index (κ2) is 6.77. The molecule has 7 nitrogen and oxygen atoms in total. The van der Waals surface area contributed by atoms with Gasteiger partial charge in [0, 0.05) is 4.47 Å². The lowest BCUT2D eigenvalue weighted by molar-refractivity contribution is -0.155. The topological polar surface area (TPSA) is 108 Å². The maximum absolute atomic E-state index is 11.8. The Labute approximate surface area is 130 Å². The Hall–Kier alpha value is -1.80. The third-order valence-corrected chi connectivity index (χ3v) is 3.23. The van der Waals surface area contributed by atoms with Crippen molar-refractivity contribution >= 4 is 33.6 Å². The lowest BCUT2D eigenvalue weighted by Crippen LogP contribution is -2.47. The fraction of sp³-hybridized carbons (Fsp3) is 0.385. The summed E-state index contributed by atoms with van der Waals surface area (Å²) >= 11 is 3.32. The molecule has 0 fully saturated rings. The molecule has 0 aliphatic rings. The quantitative estimate of drug-likeness (QED) is 0.639. The van der Waals surface area contributed by atoms with Crippen LogP contribution in [-0.4, -0.2) is 41.5 Å². The molecular weight excluding hydrogens is 344 g/mol. The van der Waals surface area contributed by atoms with E-state index in [2.05, 4.69) is 26.6 Å². The van der Waals surface area contributed by atoms with Crippen molar-refractivity contribution in [2.45, 2.75) is 19.4 Å². The fourth-order valence-electron chi connectivity index (χ4n) is 1.52. The Morgan fingerprint density at radius 1 is 1.43 bits per heavy atom. The molecule has 0 spiro atoms. The van der Waals surface area contributed by atoms with Crippen molar-refractivity contribution in [1.82, 2.24) is 5.32 Å². The van der Waals surface area contributed by atoms with E-state index in [4.69, 9.17) is 9.84 Å². The van der Waals surface area contributed by atoms with Crippen LogP contribution in [0.25, 0.3) is 0 Å². The summed E-state index contributed by atoms with van der Waals surface area (Å²) in [6.07, 6.45) is 0. The number of rotatable bonds is 5. The molecule has 8 heteroatoms. The van der Waals surface area contributed by atoms with Gasteiger partial charge in [0.1, 0.15) is 5.75 Å². The minimum Gasteiger partial charge on any atom is -0.495 e. The standard InChI is InChI=1S/C13H17BrN2O5/c1-7-4-8(14)5-9(21-3)10(7)16-12(19)15-6-13(2,20)11(17)18/h4-5,20H,6H2,1-3H3,(H,17,18)(H2,15,16,19). The number of ether oxygens (including phenoxy) is 1. The molecule has 116 valence electrons. The molecule has 21 heavy (non-hydrogen) atoms. The number of carboxylic acids is 1. The number of aliphatic carboxylic acids is 1. The highest BCUT2D eigenvalue weighted by atomic mass is 79.9. The summed E-state index contributed by atoms with van der Waals surface area (Å²) in [5.41, 5.74) is -0.801. The molecular formula is C13H17BrN2O5. The van der Waals surface area contributed by atoms with E-state index in [0.29, 0.717) is 11.4 Å². The molecule has 2 amide bonds. The number of hydrogen-bond donors (Lipinski definition) is 4. The third-order valence-electron chi connectivity index (χ3n) is 2.78. The minimum absolute atomic E-state index is 0.425. The first kappa shape index (κ1) is 17.3. The van der Waals surface area contributed by atoms with Gasteiger partial charge in [-0.3, -0.25) is 0 Å². The highest BCUT2D eigenvalue weighted by Crippen LogP contribution is 2.31. The summed E-state index contributed by atoms with van der Waals surface area (Å²) in [6.45, 7) is 2.46. The monoisotopic (exact) mass is 360 g/mol. The largest absolute Gasteiger partial charge is 0.495 e. The van der Waals surface area contributed by atoms with E-state index < -0.39 is 24.1 Å². The average Bonchev–Trinajstić information content (AvgIpc) is 2.39. The van der Waals surface area contributed by atoms with E-state index in [1.807, 2.05) is 0 Å². The third kappa shape index (κ3) is 4.61. The Balaban J connectivity index is 2.78. The van der Waals surface area contributed by atoms with Gasteiger partial charge in [0.05, 0.1) is 19.3 Å². The van der Waals surface area contributed by atoms with E-state index in [0.717, 1.165) is 17.0 Å². The highest BCUT2D eigenvalue weighted by molar-refractivity contribution is 9.10. The lowest BCUT2D eigenvalue weighted by Gasteiger charge is -2.19. The van der Waals surface area contributed by atoms with Crippen molar-refractivity contribution in [2.75, 3.05) is 19.0 Å². The van der Waals surface area contributed by atoms with Crippen molar-refractivity contribution < 1.29 is 24.5 Å². The molecule has 4 N–H and O–H groups in total. The first-order valence-corrected chi connectivity index (χ1v) is 6.81. The number of aliphatic hydroxyl groups is 1. The van der Waals surface area contributed by atoms with Crippen LogP contribution < -0.4 is 15.4 Å². The normalized spacial score (nSPS) is 13.2. The number of halogens is 1. The van der Waals surface area contributed by atoms with Crippen LogP contribution in [0, 0.1) is 6.92 Å². The number of hydrogen-bond acceptors (Lipinski definition) is 4. The van der Waals surface area contributed by atoms with Crippen LogP contribution in [0.2, 0.25) is 0 Å². The summed E-state index contributed by atoms with van der Waals surface area (Å²) in [4.78, 5) is 22.5. The Morgan fingerprint density at radius 3 is 2.57 bits per heavy atom. The summed E-state index contributed by atoms with van der Waals surface area (Å²) in [5, 5.41) is 23.1. The average molecular weight is 361 g/mol. The van der Waals surface area contributed by atoms with Crippen LogP contribution in [0.3, 0.4) is 0 Å². The van der Waals surface area contributed by atoms with E-state index in [9.17, 15) is 14.7 Å². The highest BCUT2D eigenvalue weighted by Gasteiger charge is 2.30. The first-order valence-electron chi connectivity index (χ1n) is 6.02. The fourth-order valence-corrected chi connectivity index (χ4v) is 2.07. The van der Waals surface area contributed by atoms with Gasteiger partial charge in [0.15, 0.2) is 5.60 Å². The predicted octanol–water partition coefficient (Wildman–Crippen LogP) is 1.72. The van der Waals surface area contributed by atoms with Crippen molar-refractivity contribution in [3.63, 3.8) is 0 Å². The lowest BCUT2D eigenvalue weighted by atomic mass is 10.1. The zero-order valence-electron chi connectivity index (χ0n) is 11.9. The number of aryl methyl sites for hydroxylation is 1. The van der Waals surface area contributed by atoms with Gasteiger partial charge in [-0.25, -0.2) is 9.59 Å². The molecule has 0 radical (unpaired) electrons. The zero-order chi connectivity index (χ0) is 16.2. The van der Waals surface area contributed by atoms with Crippen molar-refractivity contribution in [3.05, 3.63) is 22.2 Å². The molecule has 1 rings (SSSR count).